The number of aromatic nitrogens is 3. The lowest BCUT2D eigenvalue weighted by molar-refractivity contribution is 0.813. The van der Waals surface area contributed by atoms with Gasteiger partial charge >= 0.3 is 0 Å². The fraction of sp³-hybridized carbons (Fsp3) is 0.227. The van der Waals surface area contributed by atoms with Crippen LogP contribution in [0.2, 0.25) is 0 Å². The third-order valence-electron chi connectivity index (χ3n) is 4.64. The minimum Gasteiger partial charge on any atom is -0.375 e. The largest absolute Gasteiger partial charge is 0.375 e. The van der Waals surface area contributed by atoms with Gasteiger partial charge in [-0.2, -0.15) is 0 Å². The predicted octanol–water partition coefficient (Wildman–Crippen LogP) is 5.00. The van der Waals surface area contributed by atoms with Gasteiger partial charge in [0.25, 0.3) is 0 Å². The van der Waals surface area contributed by atoms with Crippen molar-refractivity contribution in [2.24, 2.45) is 0 Å². The van der Waals surface area contributed by atoms with Crippen molar-refractivity contribution < 1.29 is 0 Å². The Morgan fingerprint density at radius 3 is 2.75 bits per heavy atom. The molecule has 2 aromatic carbocycles. The lowest BCUT2D eigenvalue weighted by atomic mass is 10.1. The molecular weight excluding hydrogens is 366 g/mol. The molecule has 0 unspecified atom stereocenters. The van der Waals surface area contributed by atoms with Crippen molar-refractivity contribution in [2.45, 2.75) is 13.3 Å². The van der Waals surface area contributed by atoms with Crippen molar-refractivity contribution in [3.8, 4) is 11.3 Å². The summed E-state index contributed by atoms with van der Waals surface area (Å²) in [6.45, 7) is 3.78. The fourth-order valence-corrected chi connectivity index (χ4v) is 3.88. The summed E-state index contributed by atoms with van der Waals surface area (Å²) in [6, 6.07) is 18.7. The van der Waals surface area contributed by atoms with Crippen LogP contribution in [-0.4, -0.2) is 35.1 Å². The molecule has 142 valence electrons. The van der Waals surface area contributed by atoms with Crippen molar-refractivity contribution in [2.75, 3.05) is 30.4 Å². The van der Waals surface area contributed by atoms with E-state index < -0.39 is 0 Å². The highest BCUT2D eigenvalue weighted by molar-refractivity contribution is 7.16. The second-order valence-corrected chi connectivity index (χ2v) is 7.64. The fourth-order valence-electron chi connectivity index (χ4n) is 3.16. The second-order valence-electron chi connectivity index (χ2n) is 6.76. The summed E-state index contributed by atoms with van der Waals surface area (Å²) in [5, 5.41) is 3.45. The van der Waals surface area contributed by atoms with Crippen LogP contribution in [0, 0.1) is 6.92 Å². The number of thiazole rings is 1. The molecule has 4 rings (SSSR count). The number of benzene rings is 2. The Bertz CT molecular complexity index is 1060. The lowest BCUT2D eigenvalue weighted by Crippen LogP contribution is -2.20. The molecule has 28 heavy (non-hydrogen) atoms. The van der Waals surface area contributed by atoms with Crippen LogP contribution in [0.1, 0.15) is 12.2 Å². The third kappa shape index (κ3) is 4.28. The highest BCUT2D eigenvalue weighted by Crippen LogP contribution is 2.26. The summed E-state index contributed by atoms with van der Waals surface area (Å²) >= 11 is 1.65. The first-order valence-corrected chi connectivity index (χ1v) is 10.3. The van der Waals surface area contributed by atoms with Crippen molar-refractivity contribution in [3.63, 3.8) is 0 Å². The Balaban J connectivity index is 1.40. The maximum atomic E-state index is 4.62. The van der Waals surface area contributed by atoms with E-state index >= 15 is 0 Å². The molecule has 0 saturated carbocycles. The van der Waals surface area contributed by atoms with Crippen LogP contribution in [0.5, 0.6) is 0 Å². The highest BCUT2D eigenvalue weighted by atomic mass is 32.1. The molecule has 0 radical (unpaired) electrons. The normalized spacial score (nSPS) is 10.9. The van der Waals surface area contributed by atoms with Crippen LogP contribution < -0.4 is 10.2 Å². The SMILES string of the molecule is Cc1nc(NCCCN(C)c2ccccc2)cc(-c2ccc3ncsc3c2)n1. The molecule has 0 bridgehead atoms. The molecule has 2 aromatic heterocycles. The zero-order valence-corrected chi connectivity index (χ0v) is 16.9. The number of rotatable bonds is 7. The van der Waals surface area contributed by atoms with Crippen LogP contribution in [-0.2, 0) is 0 Å². The average molecular weight is 390 g/mol. The zero-order valence-electron chi connectivity index (χ0n) is 16.1. The van der Waals surface area contributed by atoms with Gasteiger partial charge in [0.05, 0.1) is 21.4 Å². The van der Waals surface area contributed by atoms with Gasteiger partial charge in [-0.3, -0.25) is 0 Å². The van der Waals surface area contributed by atoms with Crippen LogP contribution >= 0.6 is 11.3 Å². The summed E-state index contributed by atoms with van der Waals surface area (Å²) in [5.74, 6) is 1.64. The zero-order chi connectivity index (χ0) is 19.3. The minimum atomic E-state index is 0.769. The second kappa shape index (κ2) is 8.35. The number of para-hydroxylation sites is 1. The van der Waals surface area contributed by atoms with E-state index in [2.05, 4.69) is 68.6 Å². The molecule has 0 spiro atoms. The number of aryl methyl sites for hydroxylation is 1. The van der Waals surface area contributed by atoms with E-state index in [0.29, 0.717) is 0 Å². The van der Waals surface area contributed by atoms with E-state index in [4.69, 9.17) is 0 Å². The standard InChI is InChI=1S/C22H23N5S/c1-16-25-20(17-9-10-19-21(13-17)28-15-24-19)14-22(26-16)23-11-6-12-27(2)18-7-4-3-5-8-18/h3-5,7-10,13-15H,6,11-12H2,1-2H3,(H,23,25,26). The van der Waals surface area contributed by atoms with E-state index in [-0.39, 0.29) is 0 Å². The van der Waals surface area contributed by atoms with E-state index in [1.807, 2.05) is 30.6 Å². The molecule has 0 aliphatic carbocycles. The van der Waals surface area contributed by atoms with Crippen LogP contribution in [0.25, 0.3) is 21.5 Å². The number of hydrogen-bond donors (Lipinski definition) is 1. The summed E-state index contributed by atoms with van der Waals surface area (Å²) < 4.78 is 1.17. The molecule has 1 N–H and O–H groups in total. The summed E-state index contributed by atoms with van der Waals surface area (Å²) in [5.41, 5.74) is 6.17. The van der Waals surface area contributed by atoms with Crippen LogP contribution in [0.4, 0.5) is 11.5 Å². The van der Waals surface area contributed by atoms with Gasteiger partial charge in [0.15, 0.2) is 0 Å². The van der Waals surface area contributed by atoms with Gasteiger partial charge in [0.1, 0.15) is 11.6 Å². The van der Waals surface area contributed by atoms with E-state index in [1.54, 1.807) is 11.3 Å². The molecule has 0 fully saturated rings. The van der Waals surface area contributed by atoms with Crippen LogP contribution in [0.15, 0.2) is 60.1 Å². The number of nitrogens with one attached hydrogen (secondary N) is 1. The van der Waals surface area contributed by atoms with Gasteiger partial charge in [-0.25, -0.2) is 15.0 Å². The quantitative estimate of drug-likeness (QED) is 0.451. The van der Waals surface area contributed by atoms with Gasteiger partial charge in [-0.15, -0.1) is 11.3 Å². The van der Waals surface area contributed by atoms with E-state index in [0.717, 1.165) is 47.9 Å². The summed E-state index contributed by atoms with van der Waals surface area (Å²) in [4.78, 5) is 15.8. The van der Waals surface area contributed by atoms with E-state index in [1.165, 1.54) is 10.4 Å². The molecule has 0 amide bonds. The van der Waals surface area contributed by atoms with Crippen molar-refractivity contribution in [1.29, 1.82) is 0 Å². The summed E-state index contributed by atoms with van der Waals surface area (Å²) in [7, 11) is 2.12. The molecule has 0 saturated heterocycles. The van der Waals surface area contributed by atoms with Gasteiger partial charge < -0.3 is 10.2 Å². The molecular formula is C22H23N5S. The van der Waals surface area contributed by atoms with Crippen LogP contribution in [0.3, 0.4) is 0 Å². The monoisotopic (exact) mass is 389 g/mol. The van der Waals surface area contributed by atoms with Gasteiger partial charge in [-0.05, 0) is 37.6 Å². The Labute approximate surface area is 169 Å². The van der Waals surface area contributed by atoms with Gasteiger partial charge in [0, 0.05) is 37.5 Å². The smallest absolute Gasteiger partial charge is 0.130 e. The average Bonchev–Trinajstić information content (AvgIpc) is 3.19. The van der Waals surface area contributed by atoms with E-state index in [9.17, 15) is 0 Å². The first-order chi connectivity index (χ1) is 13.7. The topological polar surface area (TPSA) is 53.9 Å². The van der Waals surface area contributed by atoms with Gasteiger partial charge in [-0.1, -0.05) is 24.3 Å². The minimum absolute atomic E-state index is 0.769. The number of hydrogen-bond acceptors (Lipinski definition) is 6. The Morgan fingerprint density at radius 1 is 1.04 bits per heavy atom. The molecule has 0 aliphatic rings. The molecule has 0 atom stereocenters. The van der Waals surface area contributed by atoms with Crippen molar-refractivity contribution in [3.05, 3.63) is 65.9 Å². The molecule has 5 nitrogen and oxygen atoms in total. The van der Waals surface area contributed by atoms with Crippen molar-refractivity contribution >= 4 is 33.1 Å². The Kier molecular flexibility index (Phi) is 5.48. The number of anilines is 2. The first-order valence-electron chi connectivity index (χ1n) is 9.38. The molecule has 4 aromatic rings. The lowest BCUT2D eigenvalue weighted by Gasteiger charge is -2.19. The maximum absolute atomic E-state index is 4.62. The molecule has 6 heteroatoms. The molecule has 2 heterocycles. The Hall–Kier alpha value is -2.99. The maximum Gasteiger partial charge on any atom is 0.130 e. The van der Waals surface area contributed by atoms with Crippen molar-refractivity contribution in [1.82, 2.24) is 15.0 Å². The predicted molar refractivity (Wildman–Crippen MR) is 118 cm³/mol. The number of fused-ring (bicyclic) bond motifs is 1. The third-order valence-corrected chi connectivity index (χ3v) is 5.43. The molecule has 0 aliphatic heterocycles. The Morgan fingerprint density at radius 2 is 1.89 bits per heavy atom. The van der Waals surface area contributed by atoms with Gasteiger partial charge in [0.2, 0.25) is 0 Å². The first kappa shape index (κ1) is 18.4. The summed E-state index contributed by atoms with van der Waals surface area (Å²) in [6.07, 6.45) is 1.02. The number of nitrogens with zero attached hydrogens (tertiary/aromatic N) is 4. The highest BCUT2D eigenvalue weighted by Gasteiger charge is 2.07.